The highest BCUT2D eigenvalue weighted by Gasteiger charge is 2.63. The number of para-hydroxylation sites is 1. The topological polar surface area (TPSA) is 18.5 Å². The fraction of sp³-hybridized carbons (Fsp3) is 0.625. The van der Waals surface area contributed by atoms with Crippen LogP contribution in [0.3, 0.4) is 0 Å². The molecule has 2 nitrogen and oxygen atoms in total. The van der Waals surface area contributed by atoms with Gasteiger partial charge in [0, 0.05) is 53.2 Å². The Bertz CT molecular complexity index is 2800. The lowest BCUT2D eigenvalue weighted by atomic mass is 9.71. The molecule has 0 radical (unpaired) electrons. The van der Waals surface area contributed by atoms with Gasteiger partial charge in [-0.1, -0.05) is 216 Å². The average molecular weight is 1010 g/mol. The summed E-state index contributed by atoms with van der Waals surface area (Å²) in [6, 6.07) is 26.7. The normalized spacial score (nSPS) is 35.3. The molecule has 8 atom stereocenters. The van der Waals surface area contributed by atoms with E-state index >= 15 is 0 Å². The van der Waals surface area contributed by atoms with Crippen LogP contribution in [0.15, 0.2) is 66.7 Å². The third kappa shape index (κ3) is 6.82. The molecular formula is C64H86O2P4. The third-order valence-electron chi connectivity index (χ3n) is 20.8. The standard InChI is InChI=1S/C64H86O2P4/c1-56(2)33-16-17-34-57(3,4)67(56)50-28-22-23-43-51(50)66-52-44(61(43,11)12)29-30-47-55(52)70-60(9,10)38-32-42(40-64(47,70)15)41-31-37-59(7,8)69-54-46(63(69,14)39-41)25-21-27-49(54)65-48-26-20-24-45-53(48)68-58(5,6)35-18-19-36-62(45,68)13/h20-30,41-42H,16-19,31-40H2,1-15H3. The van der Waals surface area contributed by atoms with Crippen molar-refractivity contribution in [2.75, 3.05) is 0 Å². The van der Waals surface area contributed by atoms with Crippen LogP contribution in [0.25, 0.3) is 0 Å². The highest BCUT2D eigenvalue weighted by atomic mass is 31.1. The van der Waals surface area contributed by atoms with E-state index < -0.39 is 23.8 Å². The van der Waals surface area contributed by atoms with Crippen LogP contribution >= 0.6 is 31.7 Å². The second-order valence-electron chi connectivity index (χ2n) is 28.3. The zero-order valence-electron chi connectivity index (χ0n) is 46.0. The highest BCUT2D eigenvalue weighted by molar-refractivity contribution is 7.72. The number of rotatable bonds is 4. The van der Waals surface area contributed by atoms with E-state index in [9.17, 15) is 0 Å². The van der Waals surface area contributed by atoms with Crippen LogP contribution in [0.5, 0.6) is 23.0 Å². The molecule has 0 aliphatic carbocycles. The summed E-state index contributed by atoms with van der Waals surface area (Å²) in [5.41, 5.74) is 7.50. The molecule has 0 N–H and O–H groups in total. The third-order valence-corrected chi connectivity index (χ3v) is 35.8. The van der Waals surface area contributed by atoms with E-state index in [2.05, 4.69) is 171 Å². The largest absolute Gasteiger partial charge is 0.456 e. The quantitative estimate of drug-likeness (QED) is 0.190. The van der Waals surface area contributed by atoms with Crippen molar-refractivity contribution in [1.29, 1.82) is 0 Å². The van der Waals surface area contributed by atoms with E-state index in [-0.39, 0.29) is 44.3 Å². The first kappa shape index (κ1) is 49.1. The van der Waals surface area contributed by atoms with Crippen molar-refractivity contribution in [3.63, 3.8) is 0 Å². The van der Waals surface area contributed by atoms with Crippen molar-refractivity contribution in [3.05, 3.63) is 94.5 Å². The molecule has 0 amide bonds. The van der Waals surface area contributed by atoms with E-state index in [0.29, 0.717) is 10.3 Å². The summed E-state index contributed by atoms with van der Waals surface area (Å²) in [7, 11) is -1.66. The van der Waals surface area contributed by atoms with Crippen molar-refractivity contribution < 1.29 is 9.47 Å². The second kappa shape index (κ2) is 15.9. The van der Waals surface area contributed by atoms with Crippen molar-refractivity contribution >= 4 is 52.9 Å². The predicted octanol–water partition coefficient (Wildman–Crippen LogP) is 18.4. The van der Waals surface area contributed by atoms with Gasteiger partial charge in [-0.2, -0.15) is 0 Å². The Labute approximate surface area is 429 Å². The first-order chi connectivity index (χ1) is 32.8. The van der Waals surface area contributed by atoms with E-state index in [1.807, 2.05) is 0 Å². The maximum absolute atomic E-state index is 7.71. The molecule has 0 bridgehead atoms. The van der Waals surface area contributed by atoms with Gasteiger partial charge in [-0.3, -0.25) is 0 Å². The van der Waals surface area contributed by atoms with Gasteiger partial charge in [0.25, 0.3) is 0 Å². The number of hydrogen-bond donors (Lipinski definition) is 0. The lowest BCUT2D eigenvalue weighted by Crippen LogP contribution is -2.48. The Hall–Kier alpha value is -1.80. The SMILES string of the molecule is CC1(C)c2cccc(P3C(C)(C)CCCCC3(C)C)c2Oc2c1ccc1c2P2C(C)(C)CCC(C3CCC(C)(C)P4c5c(Oc6cccc7c6P6C(C)(C)CCCCC76C)cccc5C4(C)C3)CC12C. The molecule has 8 heterocycles. The van der Waals surface area contributed by atoms with Crippen LogP contribution < -0.4 is 30.7 Å². The molecule has 8 aliphatic rings. The van der Waals surface area contributed by atoms with Gasteiger partial charge in [0.05, 0.1) is 0 Å². The average Bonchev–Trinajstić information content (AvgIpc) is 3.53. The Kier molecular flexibility index (Phi) is 11.1. The molecule has 4 aromatic rings. The Morgan fingerprint density at radius 3 is 1.36 bits per heavy atom. The van der Waals surface area contributed by atoms with E-state index in [1.54, 1.807) is 32.6 Å². The zero-order valence-corrected chi connectivity index (χ0v) is 49.6. The first-order valence-corrected chi connectivity index (χ1v) is 33.3. The number of hydrogen-bond acceptors (Lipinski definition) is 2. The molecule has 4 aromatic carbocycles. The lowest BCUT2D eigenvalue weighted by Gasteiger charge is -2.58. The summed E-state index contributed by atoms with van der Waals surface area (Å²) in [5.74, 6) is 6.27. The van der Waals surface area contributed by atoms with Crippen LogP contribution in [0, 0.1) is 11.8 Å². The van der Waals surface area contributed by atoms with Gasteiger partial charge < -0.3 is 9.47 Å². The molecule has 374 valence electrons. The summed E-state index contributed by atoms with van der Waals surface area (Å²) in [4.78, 5) is 0. The van der Waals surface area contributed by atoms with E-state index in [0.717, 1.165) is 11.8 Å². The maximum atomic E-state index is 7.71. The van der Waals surface area contributed by atoms with Gasteiger partial charge in [0.2, 0.25) is 0 Å². The molecule has 70 heavy (non-hydrogen) atoms. The van der Waals surface area contributed by atoms with Crippen molar-refractivity contribution in [2.24, 2.45) is 11.8 Å². The summed E-state index contributed by atoms with van der Waals surface area (Å²) in [6.07, 6.45) is 18.6. The van der Waals surface area contributed by atoms with E-state index in [1.165, 1.54) is 129 Å². The molecule has 8 aliphatic heterocycles. The van der Waals surface area contributed by atoms with Gasteiger partial charge >= 0.3 is 0 Å². The van der Waals surface area contributed by atoms with Crippen molar-refractivity contribution in [2.45, 2.75) is 240 Å². The van der Waals surface area contributed by atoms with Gasteiger partial charge in [-0.25, -0.2) is 0 Å². The van der Waals surface area contributed by atoms with Crippen LogP contribution in [0.4, 0.5) is 0 Å². The first-order valence-electron chi connectivity index (χ1n) is 27.9. The van der Waals surface area contributed by atoms with Crippen LogP contribution in [-0.2, 0) is 20.9 Å². The van der Waals surface area contributed by atoms with Gasteiger partial charge in [-0.15, -0.1) is 0 Å². The molecular weight excluding hydrogens is 925 g/mol. The van der Waals surface area contributed by atoms with E-state index in [4.69, 9.17) is 9.47 Å². The van der Waals surface area contributed by atoms with Crippen LogP contribution in [-0.4, -0.2) is 25.8 Å². The molecule has 0 aromatic heterocycles. The summed E-state index contributed by atoms with van der Waals surface area (Å²) in [5, 5.41) is 8.41. The Balaban J connectivity index is 0.870. The maximum Gasteiger partial charge on any atom is 0.139 e. The smallest absolute Gasteiger partial charge is 0.139 e. The van der Waals surface area contributed by atoms with Crippen molar-refractivity contribution in [3.8, 4) is 23.0 Å². The number of benzene rings is 4. The zero-order chi connectivity index (χ0) is 49.6. The van der Waals surface area contributed by atoms with Crippen LogP contribution in [0.1, 0.15) is 222 Å². The minimum Gasteiger partial charge on any atom is -0.456 e. The number of fused-ring (bicyclic) bond motifs is 15. The lowest BCUT2D eigenvalue weighted by molar-refractivity contribution is 0.222. The minimum atomic E-state index is -0.466. The molecule has 12 rings (SSSR count). The Morgan fingerprint density at radius 1 is 0.400 bits per heavy atom. The van der Waals surface area contributed by atoms with Crippen molar-refractivity contribution in [1.82, 2.24) is 0 Å². The summed E-state index contributed by atoms with van der Waals surface area (Å²) >= 11 is 0. The van der Waals surface area contributed by atoms with Gasteiger partial charge in [0.1, 0.15) is 23.0 Å². The summed E-state index contributed by atoms with van der Waals surface area (Å²) in [6.45, 7) is 39.0. The van der Waals surface area contributed by atoms with Gasteiger partial charge in [-0.05, 0) is 131 Å². The monoisotopic (exact) mass is 1010 g/mol. The molecule has 4 saturated heterocycles. The minimum absolute atomic E-state index is 0.121. The fourth-order valence-corrected chi connectivity index (χ4v) is 35.2. The number of ether oxygens (including phenoxy) is 2. The molecule has 4 fully saturated rings. The highest BCUT2D eigenvalue weighted by Crippen LogP contribution is 2.81. The van der Waals surface area contributed by atoms with Crippen LogP contribution in [0.2, 0.25) is 0 Å². The molecule has 8 unspecified atom stereocenters. The Morgan fingerprint density at radius 2 is 0.800 bits per heavy atom. The fourth-order valence-electron chi connectivity index (χ4n) is 17.8. The molecule has 0 saturated carbocycles. The molecule has 0 spiro atoms. The second-order valence-corrected chi connectivity index (χ2v) is 41.8. The van der Waals surface area contributed by atoms with Gasteiger partial charge in [0.15, 0.2) is 0 Å². The molecule has 6 heteroatoms. The summed E-state index contributed by atoms with van der Waals surface area (Å²) < 4.78 is 15.1. The predicted molar refractivity (Wildman–Crippen MR) is 308 cm³/mol.